The molecule has 1 atom stereocenters. The van der Waals surface area contributed by atoms with Crippen molar-refractivity contribution in [3.63, 3.8) is 0 Å². The van der Waals surface area contributed by atoms with Gasteiger partial charge in [0, 0.05) is 18.3 Å². The minimum absolute atomic E-state index is 0.0630. The molecule has 0 unspecified atom stereocenters. The molecule has 3 rings (SSSR count). The van der Waals surface area contributed by atoms with Gasteiger partial charge in [-0.3, -0.25) is 4.98 Å². The highest BCUT2D eigenvalue weighted by atomic mass is 19.1. The molecule has 7 heteroatoms. The molecule has 0 radical (unpaired) electrons. The van der Waals surface area contributed by atoms with Gasteiger partial charge in [-0.2, -0.15) is 10.2 Å². The zero-order chi connectivity index (χ0) is 19.2. The molecular formula is C20H19FN6. The van der Waals surface area contributed by atoms with Crippen LogP contribution in [0.2, 0.25) is 0 Å². The molecule has 0 aliphatic carbocycles. The van der Waals surface area contributed by atoms with Crippen molar-refractivity contribution < 1.29 is 4.39 Å². The van der Waals surface area contributed by atoms with Crippen molar-refractivity contribution in [3.8, 4) is 17.5 Å². The number of anilines is 3. The minimum atomic E-state index is -0.584. The van der Waals surface area contributed by atoms with Gasteiger partial charge in [-0.05, 0) is 37.6 Å². The molecule has 6 nitrogen and oxygen atoms in total. The normalized spacial score (nSPS) is 11.5. The second kappa shape index (κ2) is 8.23. The Labute approximate surface area is 157 Å². The van der Waals surface area contributed by atoms with E-state index in [1.165, 1.54) is 12.1 Å². The number of nitriles is 1. The van der Waals surface area contributed by atoms with E-state index in [-0.39, 0.29) is 11.6 Å². The van der Waals surface area contributed by atoms with Crippen molar-refractivity contribution in [1.82, 2.24) is 15.0 Å². The van der Waals surface area contributed by atoms with E-state index in [4.69, 9.17) is 0 Å². The maximum absolute atomic E-state index is 13.9. The number of hydrogen-bond donors (Lipinski definition) is 2. The van der Waals surface area contributed by atoms with Crippen LogP contribution in [0.1, 0.15) is 25.8 Å². The van der Waals surface area contributed by atoms with Crippen molar-refractivity contribution in [2.24, 2.45) is 0 Å². The SMILES string of the molecule is CC[C@@H](C)Nc1nc(Nc2cccc(F)c2C#N)cc(-c2ccccn2)n1. The van der Waals surface area contributed by atoms with Crippen LogP contribution in [0.15, 0.2) is 48.7 Å². The summed E-state index contributed by atoms with van der Waals surface area (Å²) in [5, 5.41) is 15.5. The lowest BCUT2D eigenvalue weighted by Crippen LogP contribution is -2.16. The third kappa shape index (κ3) is 4.36. The fourth-order valence-electron chi connectivity index (χ4n) is 2.42. The molecule has 1 aromatic carbocycles. The van der Waals surface area contributed by atoms with E-state index in [9.17, 15) is 9.65 Å². The van der Waals surface area contributed by atoms with Crippen molar-refractivity contribution >= 4 is 17.5 Å². The summed E-state index contributed by atoms with van der Waals surface area (Å²) < 4.78 is 13.9. The van der Waals surface area contributed by atoms with Crippen LogP contribution in [-0.2, 0) is 0 Å². The number of nitrogens with one attached hydrogen (secondary N) is 2. The predicted molar refractivity (Wildman–Crippen MR) is 103 cm³/mol. The van der Waals surface area contributed by atoms with Crippen LogP contribution in [0, 0.1) is 17.1 Å². The maximum atomic E-state index is 13.9. The summed E-state index contributed by atoms with van der Waals surface area (Å²) in [6, 6.07) is 13.7. The first-order valence-corrected chi connectivity index (χ1v) is 8.63. The zero-order valence-electron chi connectivity index (χ0n) is 15.1. The van der Waals surface area contributed by atoms with Crippen LogP contribution in [-0.4, -0.2) is 21.0 Å². The molecule has 2 N–H and O–H groups in total. The second-order valence-electron chi connectivity index (χ2n) is 6.03. The molecule has 0 spiro atoms. The fraction of sp³-hybridized carbons (Fsp3) is 0.200. The highest BCUT2D eigenvalue weighted by Crippen LogP contribution is 2.25. The van der Waals surface area contributed by atoms with E-state index in [2.05, 4.69) is 32.5 Å². The second-order valence-corrected chi connectivity index (χ2v) is 6.03. The van der Waals surface area contributed by atoms with Gasteiger partial charge in [-0.1, -0.05) is 19.1 Å². The average Bonchev–Trinajstić information content (AvgIpc) is 2.68. The summed E-state index contributed by atoms with van der Waals surface area (Å²) in [6.07, 6.45) is 2.59. The summed E-state index contributed by atoms with van der Waals surface area (Å²) in [6.45, 7) is 4.09. The zero-order valence-corrected chi connectivity index (χ0v) is 15.1. The molecule has 27 heavy (non-hydrogen) atoms. The third-order valence-corrected chi connectivity index (χ3v) is 4.03. The summed E-state index contributed by atoms with van der Waals surface area (Å²) in [5.41, 5.74) is 1.59. The first-order chi connectivity index (χ1) is 13.1. The van der Waals surface area contributed by atoms with Crippen molar-refractivity contribution in [3.05, 3.63) is 60.0 Å². The summed E-state index contributed by atoms with van der Waals surface area (Å²) in [4.78, 5) is 13.3. The van der Waals surface area contributed by atoms with Crippen molar-refractivity contribution in [2.45, 2.75) is 26.3 Å². The molecule has 0 bridgehead atoms. The molecule has 3 aromatic rings. The number of hydrogen-bond acceptors (Lipinski definition) is 6. The van der Waals surface area contributed by atoms with Crippen LogP contribution >= 0.6 is 0 Å². The Morgan fingerprint density at radius 1 is 1.15 bits per heavy atom. The lowest BCUT2D eigenvalue weighted by molar-refractivity contribution is 0.624. The number of pyridine rings is 1. The van der Waals surface area contributed by atoms with Gasteiger partial charge in [-0.25, -0.2) is 9.37 Å². The standard InChI is InChI=1S/C20H19FN6/c1-3-13(2)24-20-26-18(17-8-4-5-10-23-17)11-19(27-20)25-16-9-6-7-15(21)14(16)12-22/h4-11,13H,3H2,1-2H3,(H2,24,25,26,27)/t13-/m1/s1. The molecule has 2 heterocycles. The first kappa shape index (κ1) is 18.3. The quantitative estimate of drug-likeness (QED) is 0.671. The van der Waals surface area contributed by atoms with Gasteiger partial charge in [-0.15, -0.1) is 0 Å². The minimum Gasteiger partial charge on any atom is -0.352 e. The first-order valence-electron chi connectivity index (χ1n) is 8.63. The molecule has 0 aliphatic rings. The van der Waals surface area contributed by atoms with Gasteiger partial charge < -0.3 is 10.6 Å². The highest BCUT2D eigenvalue weighted by molar-refractivity contribution is 5.69. The van der Waals surface area contributed by atoms with E-state index in [0.29, 0.717) is 28.8 Å². The molecule has 0 aliphatic heterocycles. The van der Waals surface area contributed by atoms with Gasteiger partial charge >= 0.3 is 0 Å². The Kier molecular flexibility index (Phi) is 5.57. The van der Waals surface area contributed by atoms with E-state index in [0.717, 1.165) is 6.42 Å². The Balaban J connectivity index is 2.03. The highest BCUT2D eigenvalue weighted by Gasteiger charge is 2.12. The monoisotopic (exact) mass is 362 g/mol. The number of nitrogens with zero attached hydrogens (tertiary/aromatic N) is 4. The van der Waals surface area contributed by atoms with E-state index in [1.54, 1.807) is 18.3 Å². The molecule has 0 saturated carbocycles. The van der Waals surface area contributed by atoms with Crippen LogP contribution in [0.5, 0.6) is 0 Å². The van der Waals surface area contributed by atoms with Gasteiger partial charge in [0.25, 0.3) is 0 Å². The number of benzene rings is 1. The van der Waals surface area contributed by atoms with Gasteiger partial charge in [0.1, 0.15) is 23.3 Å². The summed E-state index contributed by atoms with van der Waals surface area (Å²) in [5.74, 6) is 0.294. The largest absolute Gasteiger partial charge is 0.352 e. The Bertz CT molecular complexity index is 968. The van der Waals surface area contributed by atoms with Gasteiger partial charge in [0.2, 0.25) is 5.95 Å². The number of rotatable bonds is 6. The molecule has 0 saturated heterocycles. The molecule has 0 fully saturated rings. The maximum Gasteiger partial charge on any atom is 0.225 e. The van der Waals surface area contributed by atoms with Crippen LogP contribution in [0.3, 0.4) is 0 Å². The van der Waals surface area contributed by atoms with Gasteiger partial charge in [0.15, 0.2) is 0 Å². The topological polar surface area (TPSA) is 86.5 Å². The lowest BCUT2D eigenvalue weighted by atomic mass is 10.2. The average molecular weight is 362 g/mol. The van der Waals surface area contributed by atoms with Crippen LogP contribution in [0.25, 0.3) is 11.4 Å². The Hall–Kier alpha value is -3.53. The molecule has 0 amide bonds. The van der Waals surface area contributed by atoms with E-state index >= 15 is 0 Å². The molecule has 136 valence electrons. The summed E-state index contributed by atoms with van der Waals surface area (Å²) in [7, 11) is 0. The predicted octanol–water partition coefficient (Wildman–Crippen LogP) is 4.50. The van der Waals surface area contributed by atoms with Crippen molar-refractivity contribution in [1.29, 1.82) is 5.26 Å². The van der Waals surface area contributed by atoms with Crippen molar-refractivity contribution in [2.75, 3.05) is 10.6 Å². The molecule has 2 aromatic heterocycles. The lowest BCUT2D eigenvalue weighted by Gasteiger charge is -2.15. The van der Waals surface area contributed by atoms with E-state index in [1.807, 2.05) is 31.2 Å². The number of halogens is 1. The Morgan fingerprint density at radius 3 is 2.70 bits per heavy atom. The Morgan fingerprint density at radius 2 is 2.00 bits per heavy atom. The number of aromatic nitrogens is 3. The third-order valence-electron chi connectivity index (χ3n) is 4.03. The fourth-order valence-corrected chi connectivity index (χ4v) is 2.42. The van der Waals surface area contributed by atoms with Crippen LogP contribution in [0.4, 0.5) is 21.8 Å². The van der Waals surface area contributed by atoms with E-state index < -0.39 is 5.82 Å². The molecular weight excluding hydrogens is 343 g/mol. The smallest absolute Gasteiger partial charge is 0.225 e. The van der Waals surface area contributed by atoms with Gasteiger partial charge in [0.05, 0.1) is 17.1 Å². The summed E-state index contributed by atoms with van der Waals surface area (Å²) >= 11 is 0. The van der Waals surface area contributed by atoms with Crippen LogP contribution < -0.4 is 10.6 Å².